The Hall–Kier alpha value is -5.67. The summed E-state index contributed by atoms with van der Waals surface area (Å²) in [6, 6.07) is 29.2. The fourth-order valence-corrected chi connectivity index (χ4v) is 6.39. The van der Waals surface area contributed by atoms with Crippen molar-refractivity contribution in [2.45, 2.75) is 34.0 Å². The normalized spacial score (nSPS) is 10.1. The van der Waals surface area contributed by atoms with Crippen molar-refractivity contribution < 1.29 is 48.5 Å². The first kappa shape index (κ1) is 45.0. The number of nitrogens with zero attached hydrogens (tertiary/aromatic N) is 2. The van der Waals surface area contributed by atoms with Crippen LogP contribution in [0.2, 0.25) is 0 Å². The van der Waals surface area contributed by atoms with Gasteiger partial charge in [-0.3, -0.25) is 9.59 Å². The number of ether oxygens (including phenoxy) is 3. The average molecular weight is 937 g/mol. The molecule has 2 aromatic heterocycles. The molecule has 4 aromatic carbocycles. The van der Waals surface area contributed by atoms with Crippen LogP contribution in [0.5, 0.6) is 11.5 Å². The zero-order valence-electron chi connectivity index (χ0n) is 31.4. The number of carboxylic acids is 1. The molecule has 0 unspecified atom stereocenters. The van der Waals surface area contributed by atoms with Gasteiger partial charge in [0.25, 0.3) is 0 Å². The van der Waals surface area contributed by atoms with Crippen molar-refractivity contribution in [3.05, 3.63) is 133 Å². The van der Waals surface area contributed by atoms with Crippen LogP contribution >= 0.6 is 45.3 Å². The minimum Gasteiger partial charge on any atom is -0.486 e. The second-order valence-corrected chi connectivity index (χ2v) is 14.9. The lowest BCUT2D eigenvalue weighted by Crippen LogP contribution is -2.29. The van der Waals surface area contributed by atoms with Crippen LogP contribution in [0.4, 0.5) is 11.4 Å². The van der Waals surface area contributed by atoms with E-state index < -0.39 is 13.1 Å². The van der Waals surface area contributed by atoms with E-state index in [0.717, 1.165) is 31.1 Å². The number of carboxylic acid groups (broad SMARTS) is 1. The van der Waals surface area contributed by atoms with E-state index in [2.05, 4.69) is 43.2 Å². The number of benzene rings is 4. The van der Waals surface area contributed by atoms with Crippen molar-refractivity contribution in [1.82, 2.24) is 9.97 Å². The van der Waals surface area contributed by atoms with E-state index in [1.807, 2.05) is 72.8 Å². The van der Waals surface area contributed by atoms with E-state index in [1.165, 1.54) is 48.0 Å². The molecule has 58 heavy (non-hydrogen) atoms. The number of rotatable bonds is 13. The molecule has 6 aromatic rings. The van der Waals surface area contributed by atoms with Gasteiger partial charge in [-0.2, -0.15) is 0 Å². The summed E-state index contributed by atoms with van der Waals surface area (Å²) in [7, 11) is -1.51. The minimum absolute atomic E-state index is 0.0306. The first-order chi connectivity index (χ1) is 27.8. The summed E-state index contributed by atoms with van der Waals surface area (Å²) in [6.45, 7) is 5.55. The van der Waals surface area contributed by atoms with Gasteiger partial charge in [0.2, 0.25) is 11.8 Å². The van der Waals surface area contributed by atoms with E-state index in [9.17, 15) is 19.2 Å². The van der Waals surface area contributed by atoms with Gasteiger partial charge in [0, 0.05) is 39.6 Å². The highest BCUT2D eigenvalue weighted by Crippen LogP contribution is 2.26. The lowest BCUT2D eigenvalue weighted by atomic mass is 9.80. The quantitative estimate of drug-likeness (QED) is 0.0457. The first-order valence-electron chi connectivity index (χ1n) is 17.3. The Morgan fingerprint density at radius 2 is 1.22 bits per heavy atom. The van der Waals surface area contributed by atoms with E-state index in [-0.39, 0.29) is 30.1 Å². The molecule has 0 aliphatic carbocycles. The third-order valence-electron chi connectivity index (χ3n) is 7.22. The number of halogens is 1. The summed E-state index contributed by atoms with van der Waals surface area (Å²) < 4.78 is 17.3. The highest BCUT2D eigenvalue weighted by Gasteiger charge is 2.13. The summed E-state index contributed by atoms with van der Waals surface area (Å²) in [5.41, 5.74) is 3.99. The maximum Gasteiger partial charge on any atom is 0.488 e. The molecule has 0 saturated heterocycles. The topological polar surface area (TPSA) is 206 Å². The van der Waals surface area contributed by atoms with Gasteiger partial charge in [-0.25, -0.2) is 19.6 Å². The van der Waals surface area contributed by atoms with Crippen molar-refractivity contribution >= 4 is 93.0 Å². The molecule has 0 bridgehead atoms. The number of anilines is 2. The van der Waals surface area contributed by atoms with Crippen LogP contribution in [0, 0.1) is 3.57 Å². The standard InChI is InChI=1S/C19H16N2O4S.C13H12INO3S.C8H10BNO3/c1-12(22)20-15-4-2-3-14(9-15)13-5-7-16(8-6-13)25-10-18-21-17(11-26-18)19(23)24;1-2-17-13(16)11-8-19-12(15-11)7-18-10-5-3-9(14)4-6-10;1-6(11)10-8-4-2-3-7(5-8)9(12)13/h2-9,11H,10H2,1H3,(H,20,22)(H,23,24);3-6,8H,2,7H2,1H3;2-5,12-13H,1H3,(H,10,11). The molecule has 6 rings (SSSR count). The zero-order valence-corrected chi connectivity index (χ0v) is 35.2. The molecule has 0 spiro atoms. The van der Waals surface area contributed by atoms with Crippen LogP contribution in [-0.2, 0) is 27.5 Å². The molecule has 5 N–H and O–H groups in total. The number of aromatic nitrogens is 2. The van der Waals surface area contributed by atoms with Gasteiger partial charge in [-0.1, -0.05) is 36.4 Å². The van der Waals surface area contributed by atoms with Crippen LogP contribution in [0.1, 0.15) is 51.8 Å². The van der Waals surface area contributed by atoms with Gasteiger partial charge in [-0.05, 0) is 107 Å². The second-order valence-electron chi connectivity index (χ2n) is 11.8. The maximum absolute atomic E-state index is 11.5. The number of hydrogen-bond acceptors (Lipinski definition) is 13. The first-order valence-corrected chi connectivity index (χ1v) is 20.2. The zero-order chi connectivity index (χ0) is 42.0. The number of carbonyl (C=O) groups is 4. The lowest BCUT2D eigenvalue weighted by Gasteiger charge is -2.08. The molecule has 0 aliphatic rings. The van der Waals surface area contributed by atoms with Gasteiger partial charge >= 0.3 is 19.1 Å². The van der Waals surface area contributed by atoms with Crippen molar-refractivity contribution in [3.8, 4) is 22.6 Å². The predicted octanol–water partition coefficient (Wildman–Crippen LogP) is 6.87. The summed E-state index contributed by atoms with van der Waals surface area (Å²) >= 11 is 4.88. The highest BCUT2D eigenvalue weighted by atomic mass is 127. The number of aromatic carboxylic acids is 1. The molecule has 2 heterocycles. The van der Waals surface area contributed by atoms with Crippen LogP contribution in [0.3, 0.4) is 0 Å². The fourth-order valence-electron chi connectivity index (χ4n) is 4.68. The van der Waals surface area contributed by atoms with Gasteiger partial charge in [0.05, 0.1) is 6.61 Å². The summed E-state index contributed by atoms with van der Waals surface area (Å²) in [6.07, 6.45) is 0. The molecule has 0 aliphatic heterocycles. The number of nitrogens with one attached hydrogen (secondary N) is 2. The largest absolute Gasteiger partial charge is 0.488 e. The third kappa shape index (κ3) is 15.4. The third-order valence-corrected chi connectivity index (χ3v) is 9.58. The Morgan fingerprint density at radius 1 is 0.707 bits per heavy atom. The Balaban J connectivity index is 0.000000205. The monoisotopic (exact) mass is 936 g/mol. The van der Waals surface area contributed by atoms with Crippen LogP contribution in [-0.4, -0.2) is 62.6 Å². The smallest absolute Gasteiger partial charge is 0.486 e. The molecule has 14 nitrogen and oxygen atoms in total. The molecule has 18 heteroatoms. The number of esters is 1. The molecule has 0 radical (unpaired) electrons. The summed E-state index contributed by atoms with van der Waals surface area (Å²) in [5.74, 6) is -0.284. The van der Waals surface area contributed by atoms with Crippen molar-refractivity contribution in [3.63, 3.8) is 0 Å². The van der Waals surface area contributed by atoms with Crippen LogP contribution in [0.25, 0.3) is 11.1 Å². The van der Waals surface area contributed by atoms with E-state index in [4.69, 9.17) is 29.4 Å². The molecule has 2 amide bonds. The molecule has 300 valence electrons. The van der Waals surface area contributed by atoms with Crippen molar-refractivity contribution in [2.75, 3.05) is 17.2 Å². The van der Waals surface area contributed by atoms with Gasteiger partial charge in [0.1, 0.15) is 34.7 Å². The molecule has 0 saturated carbocycles. The van der Waals surface area contributed by atoms with E-state index in [1.54, 1.807) is 30.5 Å². The van der Waals surface area contributed by atoms with Crippen molar-refractivity contribution in [2.24, 2.45) is 0 Å². The van der Waals surface area contributed by atoms with E-state index >= 15 is 0 Å². The maximum atomic E-state index is 11.5. The number of amides is 2. The van der Waals surface area contributed by atoms with E-state index in [0.29, 0.717) is 40.8 Å². The number of thiazole rings is 2. The van der Waals surface area contributed by atoms with Crippen LogP contribution in [0.15, 0.2) is 108 Å². The van der Waals surface area contributed by atoms with Crippen LogP contribution < -0.4 is 25.6 Å². The lowest BCUT2D eigenvalue weighted by molar-refractivity contribution is -0.115. The highest BCUT2D eigenvalue weighted by molar-refractivity contribution is 14.1. The Bertz CT molecular complexity index is 2290. The summed E-state index contributed by atoms with van der Waals surface area (Å²) in [5, 5.41) is 36.4. The van der Waals surface area contributed by atoms with Gasteiger partial charge < -0.3 is 40.0 Å². The van der Waals surface area contributed by atoms with Gasteiger partial charge in [0.15, 0.2) is 11.4 Å². The van der Waals surface area contributed by atoms with Crippen molar-refractivity contribution in [1.29, 1.82) is 0 Å². The molecule has 0 fully saturated rings. The molecular formula is C40H38BIN4O10S2. The Kier molecular flexibility index (Phi) is 17.8. The summed E-state index contributed by atoms with van der Waals surface area (Å²) in [4.78, 5) is 52.3. The predicted molar refractivity (Wildman–Crippen MR) is 232 cm³/mol. The Morgan fingerprint density at radius 3 is 1.74 bits per heavy atom. The number of carbonyl (C=O) groups excluding carboxylic acids is 3. The molecule has 0 atom stereocenters. The Labute approximate surface area is 356 Å². The SMILES string of the molecule is CC(=O)Nc1cccc(-c2ccc(OCc3nc(C(=O)O)cs3)cc2)c1.CC(=O)Nc1cccc(B(O)O)c1.CCOC(=O)c1csc(COc2ccc(I)cc2)n1. The molecular weight excluding hydrogens is 898 g/mol. The van der Waals surface area contributed by atoms with Gasteiger partial charge in [-0.15, -0.1) is 22.7 Å². The second kappa shape index (κ2) is 22.9. The fraction of sp³-hybridized carbons (Fsp3) is 0.150. The minimum atomic E-state index is -1.51. The average Bonchev–Trinajstić information content (AvgIpc) is 3.88. The number of hydrogen-bond donors (Lipinski definition) is 5.